The highest BCUT2D eigenvalue weighted by Gasteiger charge is 2.25. The number of nitrogens with zero attached hydrogens (tertiary/aromatic N) is 1. The Kier molecular flexibility index (Phi) is 2.84. The Morgan fingerprint density at radius 3 is 2.60 bits per heavy atom. The molecule has 1 heterocycles. The molecule has 0 aliphatic carbocycles. The maximum atomic E-state index is 11.3. The first-order chi connectivity index (χ1) is 6.97. The van der Waals surface area contributed by atoms with Gasteiger partial charge in [0, 0.05) is 12.5 Å². The Hall–Kier alpha value is -2.18. The van der Waals surface area contributed by atoms with Crippen molar-refractivity contribution in [3.05, 3.63) is 27.4 Å². The number of ketones is 1. The fourth-order valence-corrected chi connectivity index (χ4v) is 1.11. The lowest BCUT2D eigenvalue weighted by Gasteiger charge is -1.94. The van der Waals surface area contributed by atoms with Crippen molar-refractivity contribution in [1.82, 2.24) is 4.98 Å². The Bertz CT molecular complexity index is 434. The summed E-state index contributed by atoms with van der Waals surface area (Å²) < 4.78 is 0. The van der Waals surface area contributed by atoms with E-state index in [0.29, 0.717) is 0 Å². The maximum absolute atomic E-state index is 11.3. The minimum absolute atomic E-state index is 0.0811. The van der Waals surface area contributed by atoms with Crippen LogP contribution in [0.3, 0.4) is 0 Å². The van der Waals surface area contributed by atoms with Gasteiger partial charge in [0.05, 0.1) is 0 Å². The molecule has 0 saturated heterocycles. The van der Waals surface area contributed by atoms with Crippen LogP contribution < -0.4 is 0 Å². The molecule has 1 rings (SSSR count). The number of rotatable bonds is 4. The summed E-state index contributed by atoms with van der Waals surface area (Å²) in [5.74, 6) is -2.38. The molecule has 0 aliphatic heterocycles. The van der Waals surface area contributed by atoms with E-state index in [-0.39, 0.29) is 17.7 Å². The number of aromatic amines is 1. The Balaban J connectivity index is 3.29. The van der Waals surface area contributed by atoms with Crippen molar-refractivity contribution in [2.75, 3.05) is 0 Å². The van der Waals surface area contributed by atoms with E-state index in [1.165, 1.54) is 0 Å². The summed E-state index contributed by atoms with van der Waals surface area (Å²) in [6.07, 6.45) is 0.0811. The van der Waals surface area contributed by atoms with E-state index < -0.39 is 22.5 Å². The fourth-order valence-electron chi connectivity index (χ4n) is 1.11. The van der Waals surface area contributed by atoms with Crippen LogP contribution in [0.25, 0.3) is 0 Å². The second kappa shape index (κ2) is 3.91. The molecule has 80 valence electrons. The first kappa shape index (κ1) is 10.9. The molecule has 0 aromatic carbocycles. The van der Waals surface area contributed by atoms with Gasteiger partial charge in [0.25, 0.3) is 0 Å². The summed E-state index contributed by atoms with van der Waals surface area (Å²) in [5, 5.41) is 19.1. The van der Waals surface area contributed by atoms with Crippen molar-refractivity contribution in [3.63, 3.8) is 0 Å². The number of carbonyl (C=O) groups is 2. The van der Waals surface area contributed by atoms with Crippen LogP contribution in [-0.4, -0.2) is 26.8 Å². The van der Waals surface area contributed by atoms with E-state index in [0.717, 1.165) is 6.07 Å². The van der Waals surface area contributed by atoms with Gasteiger partial charge in [-0.05, 0) is 4.92 Å². The highest BCUT2D eigenvalue weighted by atomic mass is 16.6. The van der Waals surface area contributed by atoms with Crippen molar-refractivity contribution in [3.8, 4) is 0 Å². The highest BCUT2D eigenvalue weighted by molar-refractivity contribution is 6.01. The van der Waals surface area contributed by atoms with Crippen LogP contribution in [0.1, 0.15) is 34.2 Å². The molecule has 0 unspecified atom stereocenters. The van der Waals surface area contributed by atoms with Crippen LogP contribution >= 0.6 is 0 Å². The first-order valence-electron chi connectivity index (χ1n) is 4.11. The van der Waals surface area contributed by atoms with Crippen LogP contribution in [0.15, 0.2) is 6.07 Å². The topological polar surface area (TPSA) is 113 Å². The van der Waals surface area contributed by atoms with Gasteiger partial charge in [0.1, 0.15) is 5.56 Å². The molecular weight excluding hydrogens is 204 g/mol. The SMILES string of the molecule is CCC(=O)c1cc(C(=O)O)[nH]c1[N+](=O)[O-]. The number of aromatic carboxylic acids is 1. The summed E-state index contributed by atoms with van der Waals surface area (Å²) in [6.45, 7) is 1.54. The molecule has 0 bridgehead atoms. The molecule has 0 amide bonds. The van der Waals surface area contributed by atoms with E-state index in [1.54, 1.807) is 6.92 Å². The first-order valence-corrected chi connectivity index (χ1v) is 4.11. The molecular formula is C8H8N2O5. The molecule has 7 nitrogen and oxygen atoms in total. The van der Waals surface area contributed by atoms with Gasteiger partial charge in [0.2, 0.25) is 5.69 Å². The summed E-state index contributed by atoms with van der Waals surface area (Å²) in [7, 11) is 0. The van der Waals surface area contributed by atoms with E-state index in [1.807, 2.05) is 0 Å². The number of hydrogen-bond acceptors (Lipinski definition) is 4. The predicted octanol–water partition coefficient (Wildman–Crippen LogP) is 1.21. The average Bonchev–Trinajstić information content (AvgIpc) is 2.61. The minimum atomic E-state index is -1.34. The zero-order valence-electron chi connectivity index (χ0n) is 7.81. The minimum Gasteiger partial charge on any atom is -0.475 e. The molecule has 0 spiro atoms. The molecule has 1 aromatic heterocycles. The molecule has 2 N–H and O–H groups in total. The van der Waals surface area contributed by atoms with Crippen molar-refractivity contribution in [2.24, 2.45) is 0 Å². The monoisotopic (exact) mass is 212 g/mol. The number of aromatic nitrogens is 1. The lowest BCUT2D eigenvalue weighted by molar-refractivity contribution is -0.389. The number of carboxylic acid groups (broad SMARTS) is 1. The lowest BCUT2D eigenvalue weighted by atomic mass is 10.1. The number of carbonyl (C=O) groups excluding carboxylic acids is 1. The number of carboxylic acids is 1. The van der Waals surface area contributed by atoms with Crippen LogP contribution in [-0.2, 0) is 0 Å². The van der Waals surface area contributed by atoms with E-state index in [9.17, 15) is 19.7 Å². The standard InChI is InChI=1S/C8H8N2O5/c1-2-6(11)4-3-5(8(12)13)9-7(4)10(14)15/h3,9H,2H2,1H3,(H,12,13). The zero-order valence-corrected chi connectivity index (χ0v) is 7.81. The van der Waals surface area contributed by atoms with E-state index >= 15 is 0 Å². The quantitative estimate of drug-likeness (QED) is 0.442. The average molecular weight is 212 g/mol. The van der Waals surface area contributed by atoms with E-state index in [2.05, 4.69) is 4.98 Å². The third-order valence-corrected chi connectivity index (χ3v) is 1.83. The van der Waals surface area contributed by atoms with Gasteiger partial charge in [-0.25, -0.2) is 9.78 Å². The molecule has 7 heteroatoms. The Labute approximate surface area is 83.9 Å². The number of nitro groups is 1. The second-order valence-electron chi connectivity index (χ2n) is 2.78. The Morgan fingerprint density at radius 2 is 2.20 bits per heavy atom. The van der Waals surface area contributed by atoms with Gasteiger partial charge < -0.3 is 15.2 Å². The molecule has 0 fully saturated rings. The van der Waals surface area contributed by atoms with Crippen molar-refractivity contribution >= 4 is 17.6 Å². The largest absolute Gasteiger partial charge is 0.475 e. The van der Waals surface area contributed by atoms with Crippen LogP contribution in [0, 0.1) is 10.1 Å². The second-order valence-corrected chi connectivity index (χ2v) is 2.78. The number of nitrogens with one attached hydrogen (secondary N) is 1. The molecule has 0 radical (unpaired) electrons. The maximum Gasteiger partial charge on any atom is 0.375 e. The van der Waals surface area contributed by atoms with Crippen molar-refractivity contribution < 1.29 is 19.6 Å². The van der Waals surface area contributed by atoms with Gasteiger partial charge in [-0.3, -0.25) is 4.79 Å². The molecule has 0 atom stereocenters. The number of Topliss-reactive ketones (excluding diaryl/α,β-unsaturated/α-hetero) is 1. The summed E-state index contributed by atoms with van der Waals surface area (Å²) in [6, 6.07) is 0.978. The molecule has 0 aliphatic rings. The van der Waals surface area contributed by atoms with Gasteiger partial charge in [-0.2, -0.15) is 0 Å². The molecule has 15 heavy (non-hydrogen) atoms. The third kappa shape index (κ3) is 2.01. The lowest BCUT2D eigenvalue weighted by Crippen LogP contribution is -2.00. The smallest absolute Gasteiger partial charge is 0.375 e. The van der Waals surface area contributed by atoms with E-state index in [4.69, 9.17) is 5.11 Å². The van der Waals surface area contributed by atoms with Crippen molar-refractivity contribution in [2.45, 2.75) is 13.3 Å². The van der Waals surface area contributed by atoms with Crippen LogP contribution in [0.2, 0.25) is 0 Å². The van der Waals surface area contributed by atoms with Gasteiger partial charge in [-0.15, -0.1) is 0 Å². The van der Waals surface area contributed by atoms with Crippen molar-refractivity contribution in [1.29, 1.82) is 0 Å². The van der Waals surface area contributed by atoms with Crippen LogP contribution in [0.4, 0.5) is 5.82 Å². The molecule has 1 aromatic rings. The molecule has 0 saturated carbocycles. The third-order valence-electron chi connectivity index (χ3n) is 1.83. The number of H-pyrrole nitrogens is 1. The normalized spacial score (nSPS) is 9.93. The van der Waals surface area contributed by atoms with Gasteiger partial charge >= 0.3 is 11.8 Å². The van der Waals surface area contributed by atoms with Gasteiger partial charge in [0.15, 0.2) is 5.78 Å². The summed E-state index contributed by atoms with van der Waals surface area (Å²) >= 11 is 0. The van der Waals surface area contributed by atoms with Crippen LogP contribution in [0.5, 0.6) is 0 Å². The fraction of sp³-hybridized carbons (Fsp3) is 0.250. The highest BCUT2D eigenvalue weighted by Crippen LogP contribution is 2.20. The summed E-state index contributed by atoms with van der Waals surface area (Å²) in [5.41, 5.74) is -0.557. The number of hydrogen-bond donors (Lipinski definition) is 2. The Morgan fingerprint density at radius 1 is 1.60 bits per heavy atom. The van der Waals surface area contributed by atoms with Gasteiger partial charge in [-0.1, -0.05) is 6.92 Å². The zero-order chi connectivity index (χ0) is 11.6. The predicted molar refractivity (Wildman–Crippen MR) is 49.0 cm³/mol. The summed E-state index contributed by atoms with van der Waals surface area (Å²) in [4.78, 5) is 33.6.